The van der Waals surface area contributed by atoms with E-state index in [2.05, 4.69) is 10.3 Å². The summed E-state index contributed by atoms with van der Waals surface area (Å²) in [5.74, 6) is 0.751. The summed E-state index contributed by atoms with van der Waals surface area (Å²) in [6.07, 6.45) is 3.34. The Kier molecular flexibility index (Phi) is 4.18. The molecule has 2 aromatic carbocycles. The molecule has 0 fully saturated rings. The van der Waals surface area contributed by atoms with Gasteiger partial charge in [0.1, 0.15) is 5.75 Å². The summed E-state index contributed by atoms with van der Waals surface area (Å²) in [4.78, 5) is 0. The van der Waals surface area contributed by atoms with Gasteiger partial charge in [0.05, 0.1) is 17.8 Å². The summed E-state index contributed by atoms with van der Waals surface area (Å²) in [6.45, 7) is 0.509. The largest absolute Gasteiger partial charge is 0.504 e. The zero-order valence-electron chi connectivity index (χ0n) is 11.3. The highest BCUT2D eigenvalue weighted by Crippen LogP contribution is 2.36. The molecule has 0 aliphatic rings. The highest BCUT2D eigenvalue weighted by Gasteiger charge is 2.09. The number of aromatic hydroxyl groups is 1. The Morgan fingerprint density at radius 1 is 1.09 bits per heavy atom. The van der Waals surface area contributed by atoms with Crippen LogP contribution >= 0.6 is 23.2 Å². The van der Waals surface area contributed by atoms with Crippen LogP contribution in [-0.2, 0) is 6.54 Å². The second kappa shape index (κ2) is 6.25. The molecule has 112 valence electrons. The van der Waals surface area contributed by atoms with Gasteiger partial charge in [-0.05, 0) is 35.9 Å². The lowest BCUT2D eigenvalue weighted by atomic mass is 10.2. The van der Waals surface area contributed by atoms with E-state index in [0.717, 1.165) is 5.56 Å². The maximum absolute atomic E-state index is 10.1. The van der Waals surface area contributed by atoms with Crippen LogP contribution in [0.1, 0.15) is 5.56 Å². The standard InChI is InChI=1S/C15H11Cl2N3O2/c16-11-2-4-14(12(17)8-11)22-15-3-1-10(7-13(15)21)9-20-6-5-18-19-20/h1-8,21H,9H2. The molecule has 3 aromatic rings. The molecule has 5 nitrogen and oxygen atoms in total. The number of hydrogen-bond acceptors (Lipinski definition) is 4. The van der Waals surface area contributed by atoms with E-state index in [9.17, 15) is 5.11 Å². The van der Waals surface area contributed by atoms with Crippen LogP contribution in [0.5, 0.6) is 17.2 Å². The van der Waals surface area contributed by atoms with Gasteiger partial charge in [0.15, 0.2) is 11.5 Å². The van der Waals surface area contributed by atoms with Crippen molar-refractivity contribution in [2.75, 3.05) is 0 Å². The molecule has 1 N–H and O–H groups in total. The Balaban J connectivity index is 1.80. The summed E-state index contributed by atoms with van der Waals surface area (Å²) >= 11 is 11.9. The summed E-state index contributed by atoms with van der Waals surface area (Å²) in [5.41, 5.74) is 0.873. The minimum Gasteiger partial charge on any atom is -0.504 e. The van der Waals surface area contributed by atoms with Crippen LogP contribution in [0.3, 0.4) is 0 Å². The van der Waals surface area contributed by atoms with Crippen molar-refractivity contribution in [3.8, 4) is 17.2 Å². The Morgan fingerprint density at radius 2 is 1.91 bits per heavy atom. The number of nitrogens with zero attached hydrogens (tertiary/aromatic N) is 3. The highest BCUT2D eigenvalue weighted by atomic mass is 35.5. The Bertz CT molecular complexity index is 791. The molecule has 0 spiro atoms. The number of hydrogen-bond donors (Lipinski definition) is 1. The minimum absolute atomic E-state index is 0.0173. The zero-order chi connectivity index (χ0) is 15.5. The van der Waals surface area contributed by atoms with Crippen molar-refractivity contribution in [3.05, 3.63) is 64.4 Å². The summed E-state index contributed by atoms with van der Waals surface area (Å²) in [7, 11) is 0. The fourth-order valence-corrected chi connectivity index (χ4v) is 2.38. The third-order valence-electron chi connectivity index (χ3n) is 2.95. The van der Waals surface area contributed by atoms with Gasteiger partial charge < -0.3 is 9.84 Å². The van der Waals surface area contributed by atoms with E-state index in [-0.39, 0.29) is 5.75 Å². The lowest BCUT2D eigenvalue weighted by Gasteiger charge is -2.10. The van der Waals surface area contributed by atoms with Crippen molar-refractivity contribution in [3.63, 3.8) is 0 Å². The lowest BCUT2D eigenvalue weighted by molar-refractivity contribution is 0.410. The van der Waals surface area contributed by atoms with Crippen molar-refractivity contribution in [2.24, 2.45) is 0 Å². The molecular weight excluding hydrogens is 325 g/mol. The topological polar surface area (TPSA) is 60.2 Å². The normalized spacial score (nSPS) is 10.6. The van der Waals surface area contributed by atoms with Crippen LogP contribution in [-0.4, -0.2) is 20.1 Å². The minimum atomic E-state index is 0.0173. The maximum Gasteiger partial charge on any atom is 0.169 e. The second-order valence-electron chi connectivity index (χ2n) is 4.58. The average Bonchev–Trinajstić information content (AvgIpc) is 2.97. The molecule has 0 atom stereocenters. The zero-order valence-corrected chi connectivity index (χ0v) is 12.8. The molecule has 0 radical (unpaired) electrons. The number of phenols is 1. The molecule has 22 heavy (non-hydrogen) atoms. The van der Waals surface area contributed by atoms with Gasteiger partial charge in [-0.25, -0.2) is 4.68 Å². The van der Waals surface area contributed by atoms with E-state index in [1.807, 2.05) is 6.07 Å². The van der Waals surface area contributed by atoms with Gasteiger partial charge in [0, 0.05) is 11.2 Å². The van der Waals surface area contributed by atoms with Crippen LogP contribution in [0.15, 0.2) is 48.8 Å². The number of ether oxygens (including phenoxy) is 1. The molecule has 1 heterocycles. The van der Waals surface area contributed by atoms with E-state index in [1.54, 1.807) is 47.4 Å². The van der Waals surface area contributed by atoms with Gasteiger partial charge in [-0.1, -0.05) is 34.5 Å². The molecular formula is C15H11Cl2N3O2. The van der Waals surface area contributed by atoms with Crippen LogP contribution in [0.4, 0.5) is 0 Å². The van der Waals surface area contributed by atoms with Crippen molar-refractivity contribution < 1.29 is 9.84 Å². The van der Waals surface area contributed by atoms with Crippen molar-refractivity contribution in [1.82, 2.24) is 15.0 Å². The van der Waals surface area contributed by atoms with Gasteiger partial charge in [-0.3, -0.25) is 0 Å². The van der Waals surface area contributed by atoms with Gasteiger partial charge in [-0.15, -0.1) is 5.10 Å². The number of halogens is 2. The van der Waals surface area contributed by atoms with Crippen LogP contribution in [0.25, 0.3) is 0 Å². The van der Waals surface area contributed by atoms with Gasteiger partial charge in [0.2, 0.25) is 0 Å². The fourth-order valence-electron chi connectivity index (χ4n) is 1.93. The first-order valence-electron chi connectivity index (χ1n) is 6.41. The van der Waals surface area contributed by atoms with Crippen molar-refractivity contribution in [1.29, 1.82) is 0 Å². The maximum atomic E-state index is 10.1. The van der Waals surface area contributed by atoms with Gasteiger partial charge >= 0.3 is 0 Å². The quantitative estimate of drug-likeness (QED) is 0.778. The van der Waals surface area contributed by atoms with Crippen LogP contribution < -0.4 is 4.74 Å². The monoisotopic (exact) mass is 335 g/mol. The molecule has 0 saturated heterocycles. The smallest absolute Gasteiger partial charge is 0.169 e. The van der Waals surface area contributed by atoms with E-state index in [4.69, 9.17) is 27.9 Å². The predicted octanol–water partition coefficient (Wildman–Crippen LogP) is 4.13. The molecule has 0 bridgehead atoms. The molecule has 1 aromatic heterocycles. The third kappa shape index (κ3) is 3.32. The lowest BCUT2D eigenvalue weighted by Crippen LogP contribution is -2.00. The van der Waals surface area contributed by atoms with E-state index < -0.39 is 0 Å². The number of aromatic nitrogens is 3. The molecule has 0 saturated carbocycles. The summed E-state index contributed by atoms with van der Waals surface area (Å²) in [6, 6.07) is 10.0. The molecule has 0 unspecified atom stereocenters. The van der Waals surface area contributed by atoms with Gasteiger partial charge in [0.25, 0.3) is 0 Å². The Morgan fingerprint density at radius 3 is 2.59 bits per heavy atom. The molecule has 0 aliphatic heterocycles. The Labute approximate surface area is 136 Å². The highest BCUT2D eigenvalue weighted by molar-refractivity contribution is 6.35. The van der Waals surface area contributed by atoms with E-state index in [1.165, 1.54) is 0 Å². The average molecular weight is 336 g/mol. The third-order valence-corrected chi connectivity index (χ3v) is 3.48. The first kappa shape index (κ1) is 14.7. The second-order valence-corrected chi connectivity index (χ2v) is 5.42. The summed E-state index contributed by atoms with van der Waals surface area (Å²) < 4.78 is 7.27. The van der Waals surface area contributed by atoms with Crippen LogP contribution in [0.2, 0.25) is 10.0 Å². The van der Waals surface area contributed by atoms with E-state index in [0.29, 0.717) is 28.1 Å². The number of benzene rings is 2. The van der Waals surface area contributed by atoms with Crippen LogP contribution in [0, 0.1) is 0 Å². The van der Waals surface area contributed by atoms with Crippen molar-refractivity contribution >= 4 is 23.2 Å². The Hall–Kier alpha value is -2.24. The first-order valence-corrected chi connectivity index (χ1v) is 7.16. The fraction of sp³-hybridized carbons (Fsp3) is 0.0667. The van der Waals surface area contributed by atoms with Gasteiger partial charge in [-0.2, -0.15) is 0 Å². The van der Waals surface area contributed by atoms with E-state index >= 15 is 0 Å². The van der Waals surface area contributed by atoms with Crippen molar-refractivity contribution in [2.45, 2.75) is 6.54 Å². The first-order chi connectivity index (χ1) is 10.6. The number of phenolic OH excluding ortho intramolecular Hbond substituents is 1. The molecule has 7 heteroatoms. The molecule has 0 amide bonds. The SMILES string of the molecule is Oc1cc(Cn2ccnn2)ccc1Oc1ccc(Cl)cc1Cl. The molecule has 3 rings (SSSR count). The summed E-state index contributed by atoms with van der Waals surface area (Å²) in [5, 5.41) is 18.6. The number of rotatable bonds is 4. The predicted molar refractivity (Wildman–Crippen MR) is 83.8 cm³/mol. The molecule has 0 aliphatic carbocycles.